The quantitative estimate of drug-likeness (QED) is 0.303. The lowest BCUT2D eigenvalue weighted by molar-refractivity contribution is -0.149. The van der Waals surface area contributed by atoms with Gasteiger partial charge < -0.3 is 14.5 Å². The highest BCUT2D eigenvalue weighted by molar-refractivity contribution is 8.16. The molecule has 1 atom stereocenters. The van der Waals surface area contributed by atoms with Gasteiger partial charge in [-0.05, 0) is 31.4 Å². The van der Waals surface area contributed by atoms with Gasteiger partial charge in [0.2, 0.25) is 16.4 Å². The van der Waals surface area contributed by atoms with E-state index < -0.39 is 27.5 Å². The van der Waals surface area contributed by atoms with Gasteiger partial charge in [0, 0.05) is 48.2 Å². The van der Waals surface area contributed by atoms with E-state index in [0.29, 0.717) is 17.5 Å². The molecule has 208 valence electrons. The first-order valence-corrected chi connectivity index (χ1v) is 14.5. The zero-order chi connectivity index (χ0) is 28.7. The summed E-state index contributed by atoms with van der Waals surface area (Å²) in [6.07, 6.45) is -0.208. The highest BCUT2D eigenvalue weighted by Gasteiger charge is 2.22. The number of sulfonamides is 1. The molecule has 0 aromatic heterocycles. The van der Waals surface area contributed by atoms with Gasteiger partial charge in [-0.15, -0.1) is 0 Å². The van der Waals surface area contributed by atoms with Crippen LogP contribution in [0.3, 0.4) is 0 Å². The molecule has 9 nitrogen and oxygen atoms in total. The Hall–Kier alpha value is -2.89. The molecule has 2 aromatic carbocycles. The predicted molar refractivity (Wildman–Crippen MR) is 152 cm³/mol. The monoisotopic (exact) mass is 563 g/mol. The van der Waals surface area contributed by atoms with Crippen molar-refractivity contribution in [3.63, 3.8) is 0 Å². The van der Waals surface area contributed by atoms with Crippen LogP contribution in [0.15, 0.2) is 52.4 Å². The fourth-order valence-electron chi connectivity index (χ4n) is 3.51. The lowest BCUT2D eigenvalue weighted by atomic mass is 10.00. The van der Waals surface area contributed by atoms with E-state index in [1.165, 1.54) is 11.0 Å². The minimum Gasteiger partial charge on any atom is -0.461 e. The van der Waals surface area contributed by atoms with E-state index in [2.05, 4.69) is 4.72 Å². The number of carbonyl (C=O) groups excluding carboxylic acids is 3. The SMILES string of the molecule is CC(=CSC(=O)C(C)(C)C)N(C=O)CC(C)OC(=O)CCNS(=O)(=O)c1cccc2c(N(C)C)cccc12. The first kappa shape index (κ1) is 31.3. The summed E-state index contributed by atoms with van der Waals surface area (Å²) in [6.45, 7) is 8.72. The molecule has 2 aromatic rings. The van der Waals surface area contributed by atoms with Crippen molar-refractivity contribution in [1.82, 2.24) is 9.62 Å². The van der Waals surface area contributed by atoms with Crippen molar-refractivity contribution < 1.29 is 27.5 Å². The van der Waals surface area contributed by atoms with E-state index >= 15 is 0 Å². The van der Waals surface area contributed by atoms with Crippen molar-refractivity contribution in [1.29, 1.82) is 0 Å². The zero-order valence-corrected chi connectivity index (χ0v) is 24.6. The Morgan fingerprint density at radius 1 is 1.11 bits per heavy atom. The number of allylic oxidation sites excluding steroid dienone is 1. The average Bonchev–Trinajstić information content (AvgIpc) is 2.83. The molecule has 0 saturated carbocycles. The van der Waals surface area contributed by atoms with Crippen LogP contribution in [-0.4, -0.2) is 64.1 Å². The molecule has 1 N–H and O–H groups in total. The second-order valence-electron chi connectivity index (χ2n) is 10.1. The molecular weight excluding hydrogens is 526 g/mol. The van der Waals surface area contributed by atoms with Crippen molar-refractivity contribution in [3.8, 4) is 0 Å². The molecular formula is C27H37N3O6S2. The van der Waals surface area contributed by atoms with E-state index in [4.69, 9.17) is 4.74 Å². The lowest BCUT2D eigenvalue weighted by Crippen LogP contribution is -2.33. The number of anilines is 1. The number of thioether (sulfide) groups is 1. The molecule has 0 spiro atoms. The van der Waals surface area contributed by atoms with Gasteiger partial charge in [0.05, 0.1) is 17.9 Å². The second-order valence-corrected chi connectivity index (χ2v) is 12.7. The van der Waals surface area contributed by atoms with Crippen LogP contribution in [0, 0.1) is 5.41 Å². The third-order valence-corrected chi connectivity index (χ3v) is 8.37. The molecule has 0 heterocycles. The lowest BCUT2D eigenvalue weighted by Gasteiger charge is -2.23. The van der Waals surface area contributed by atoms with Gasteiger partial charge in [-0.25, -0.2) is 13.1 Å². The topological polar surface area (TPSA) is 113 Å². The highest BCUT2D eigenvalue weighted by Crippen LogP contribution is 2.30. The summed E-state index contributed by atoms with van der Waals surface area (Å²) in [5, 5.41) is 2.95. The van der Waals surface area contributed by atoms with Gasteiger partial charge in [-0.1, -0.05) is 56.8 Å². The van der Waals surface area contributed by atoms with Crippen LogP contribution in [0.2, 0.25) is 0 Å². The summed E-state index contributed by atoms with van der Waals surface area (Å²) in [5.41, 5.74) is 0.928. The maximum absolute atomic E-state index is 13.0. The minimum absolute atomic E-state index is 0.0359. The standard InChI is InChI=1S/C27H37N3O6S2/c1-19(17-37-26(33)27(3,4)5)30(18-31)16-20(2)36-25(32)14-15-28-38(34,35)24-13-9-10-21-22(24)11-8-12-23(21)29(6)7/h8-13,17-18,20,28H,14-16H2,1-7H3. The van der Waals surface area contributed by atoms with Gasteiger partial charge in [0.25, 0.3) is 0 Å². The van der Waals surface area contributed by atoms with Crippen LogP contribution in [0.25, 0.3) is 10.8 Å². The van der Waals surface area contributed by atoms with Gasteiger partial charge in [0.15, 0.2) is 5.12 Å². The Morgan fingerprint density at radius 2 is 1.74 bits per heavy atom. The van der Waals surface area contributed by atoms with Gasteiger partial charge in [-0.2, -0.15) is 0 Å². The fourth-order valence-corrected chi connectivity index (χ4v) is 5.52. The predicted octanol–water partition coefficient (Wildman–Crippen LogP) is 4.13. The fraction of sp³-hybridized carbons (Fsp3) is 0.444. The molecule has 0 aliphatic heterocycles. The number of amides is 1. The molecule has 38 heavy (non-hydrogen) atoms. The number of nitrogens with one attached hydrogen (secondary N) is 1. The molecule has 0 saturated heterocycles. The van der Waals surface area contributed by atoms with E-state index in [0.717, 1.165) is 22.8 Å². The normalized spacial score (nSPS) is 13.2. The second kappa shape index (κ2) is 13.3. The maximum Gasteiger partial charge on any atom is 0.307 e. The number of carbonyl (C=O) groups is 3. The number of rotatable bonds is 12. The Labute approximate surface area is 229 Å². The summed E-state index contributed by atoms with van der Waals surface area (Å²) in [6, 6.07) is 10.5. The van der Waals surface area contributed by atoms with E-state index in [1.54, 1.807) is 37.5 Å². The van der Waals surface area contributed by atoms with Gasteiger partial charge in [0.1, 0.15) is 6.10 Å². The minimum atomic E-state index is -3.88. The number of esters is 1. The molecule has 0 aliphatic rings. The smallest absolute Gasteiger partial charge is 0.307 e. The molecule has 0 radical (unpaired) electrons. The van der Waals surface area contributed by atoms with E-state index in [1.807, 2.05) is 51.9 Å². The Morgan fingerprint density at radius 3 is 2.34 bits per heavy atom. The first-order chi connectivity index (χ1) is 17.7. The molecule has 11 heteroatoms. The Kier molecular flexibility index (Phi) is 10.9. The summed E-state index contributed by atoms with van der Waals surface area (Å²) in [5.74, 6) is -0.599. The summed E-state index contributed by atoms with van der Waals surface area (Å²) >= 11 is 1.01. The van der Waals surface area contributed by atoms with E-state index in [-0.39, 0.29) is 29.5 Å². The summed E-state index contributed by atoms with van der Waals surface area (Å²) < 4.78 is 33.9. The number of nitrogens with zero attached hydrogens (tertiary/aromatic N) is 2. The summed E-state index contributed by atoms with van der Waals surface area (Å²) in [4.78, 5) is 39.4. The molecule has 0 fully saturated rings. The number of ether oxygens (including phenoxy) is 1. The first-order valence-electron chi connectivity index (χ1n) is 12.2. The molecule has 0 bridgehead atoms. The van der Waals surface area contributed by atoms with Gasteiger partial charge in [-0.3, -0.25) is 14.4 Å². The van der Waals surface area contributed by atoms with Crippen molar-refractivity contribution >= 4 is 55.7 Å². The Balaban J connectivity index is 1.95. The molecule has 0 aliphatic carbocycles. The van der Waals surface area contributed by atoms with Crippen LogP contribution in [0.1, 0.15) is 41.0 Å². The third kappa shape index (κ3) is 8.57. The van der Waals surface area contributed by atoms with Crippen molar-refractivity contribution in [3.05, 3.63) is 47.5 Å². The van der Waals surface area contributed by atoms with Crippen LogP contribution in [-0.2, 0) is 29.1 Å². The number of benzene rings is 2. The van der Waals surface area contributed by atoms with Crippen LogP contribution in [0.5, 0.6) is 0 Å². The Bertz CT molecular complexity index is 1300. The van der Waals surface area contributed by atoms with Crippen LogP contribution in [0.4, 0.5) is 5.69 Å². The number of hydrogen-bond donors (Lipinski definition) is 1. The number of fused-ring (bicyclic) bond motifs is 1. The molecule has 1 unspecified atom stereocenters. The van der Waals surface area contributed by atoms with Crippen molar-refractivity contribution in [2.24, 2.45) is 5.41 Å². The van der Waals surface area contributed by atoms with Gasteiger partial charge >= 0.3 is 5.97 Å². The zero-order valence-electron chi connectivity index (χ0n) is 23.0. The van der Waals surface area contributed by atoms with Crippen molar-refractivity contribution in [2.45, 2.75) is 52.0 Å². The average molecular weight is 564 g/mol. The van der Waals surface area contributed by atoms with Crippen LogP contribution < -0.4 is 9.62 Å². The largest absolute Gasteiger partial charge is 0.461 e. The highest BCUT2D eigenvalue weighted by atomic mass is 32.2. The van der Waals surface area contributed by atoms with Crippen molar-refractivity contribution in [2.75, 3.05) is 32.1 Å². The van der Waals surface area contributed by atoms with Crippen LogP contribution >= 0.6 is 11.8 Å². The number of hydrogen-bond acceptors (Lipinski definition) is 8. The van der Waals surface area contributed by atoms with E-state index in [9.17, 15) is 22.8 Å². The summed E-state index contributed by atoms with van der Waals surface area (Å²) in [7, 11) is -0.103. The third-order valence-electron chi connectivity index (χ3n) is 5.57. The maximum atomic E-state index is 13.0. The molecule has 1 amide bonds. The molecule has 2 rings (SSSR count).